The Morgan fingerprint density at radius 2 is 1.81 bits per heavy atom. The standard InChI is InChI=1S/C13H19N3O4S/c1-9(16(2)8-12(17)15-13(14)18)10-4-6-11(7-5-10)21(3,19)20/h4-7,9H,8H2,1-3H3,(H3,14,15,17,18). The Hall–Kier alpha value is -1.93. The average molecular weight is 313 g/mol. The number of nitrogens with two attached hydrogens (primary N) is 1. The number of likely N-dealkylation sites (N-methyl/N-ethyl adjacent to an activating group) is 1. The average Bonchev–Trinajstić information content (AvgIpc) is 2.35. The zero-order valence-electron chi connectivity index (χ0n) is 12.2. The van der Waals surface area contributed by atoms with Crippen molar-refractivity contribution in [3.8, 4) is 0 Å². The lowest BCUT2D eigenvalue weighted by Gasteiger charge is -2.24. The van der Waals surface area contributed by atoms with Crippen molar-refractivity contribution in [3.05, 3.63) is 29.8 Å². The van der Waals surface area contributed by atoms with Crippen molar-refractivity contribution in [1.29, 1.82) is 0 Å². The number of primary amides is 1. The normalized spacial score (nSPS) is 13.0. The van der Waals surface area contributed by atoms with Crippen molar-refractivity contribution < 1.29 is 18.0 Å². The molecule has 0 aliphatic heterocycles. The van der Waals surface area contributed by atoms with E-state index in [1.54, 1.807) is 24.1 Å². The summed E-state index contributed by atoms with van der Waals surface area (Å²) in [4.78, 5) is 24.0. The van der Waals surface area contributed by atoms with Crippen LogP contribution in [0.2, 0.25) is 0 Å². The van der Waals surface area contributed by atoms with Gasteiger partial charge >= 0.3 is 6.03 Å². The number of rotatable bonds is 5. The van der Waals surface area contributed by atoms with Gasteiger partial charge in [0.05, 0.1) is 11.4 Å². The van der Waals surface area contributed by atoms with Gasteiger partial charge in [0, 0.05) is 12.3 Å². The van der Waals surface area contributed by atoms with Crippen LogP contribution >= 0.6 is 0 Å². The van der Waals surface area contributed by atoms with Crippen LogP contribution < -0.4 is 11.1 Å². The summed E-state index contributed by atoms with van der Waals surface area (Å²) in [6.07, 6.45) is 1.14. The van der Waals surface area contributed by atoms with Gasteiger partial charge < -0.3 is 5.73 Å². The van der Waals surface area contributed by atoms with Gasteiger partial charge in [-0.3, -0.25) is 15.0 Å². The third kappa shape index (κ3) is 5.16. The fourth-order valence-corrected chi connectivity index (χ4v) is 2.42. The Bertz CT molecular complexity index is 625. The molecule has 1 unspecified atom stereocenters. The minimum atomic E-state index is -3.23. The number of carbonyl (C=O) groups excluding carboxylic acids is 2. The molecule has 1 rings (SSSR count). The summed E-state index contributed by atoms with van der Waals surface area (Å²) in [5, 5.41) is 1.99. The van der Waals surface area contributed by atoms with E-state index in [1.165, 1.54) is 12.1 Å². The second-order valence-corrected chi connectivity index (χ2v) is 6.86. The third-order valence-electron chi connectivity index (χ3n) is 3.11. The fraction of sp³-hybridized carbons (Fsp3) is 0.385. The van der Waals surface area contributed by atoms with Gasteiger partial charge in [-0.25, -0.2) is 13.2 Å². The molecule has 116 valence electrons. The van der Waals surface area contributed by atoms with Crippen LogP contribution in [0.25, 0.3) is 0 Å². The molecule has 0 spiro atoms. The van der Waals surface area contributed by atoms with Crippen molar-refractivity contribution in [2.45, 2.75) is 17.9 Å². The van der Waals surface area contributed by atoms with Gasteiger partial charge in [-0.2, -0.15) is 0 Å². The smallest absolute Gasteiger partial charge is 0.318 e. The summed E-state index contributed by atoms with van der Waals surface area (Å²) in [7, 11) is -1.51. The van der Waals surface area contributed by atoms with Crippen molar-refractivity contribution in [2.75, 3.05) is 19.8 Å². The van der Waals surface area contributed by atoms with Gasteiger partial charge in [0.15, 0.2) is 9.84 Å². The van der Waals surface area contributed by atoms with E-state index < -0.39 is 21.8 Å². The highest BCUT2D eigenvalue weighted by Gasteiger charge is 2.16. The number of benzene rings is 1. The maximum absolute atomic E-state index is 11.5. The lowest BCUT2D eigenvalue weighted by Crippen LogP contribution is -2.41. The summed E-state index contributed by atoms with van der Waals surface area (Å²) >= 11 is 0. The number of imide groups is 1. The van der Waals surface area contributed by atoms with Gasteiger partial charge in [-0.15, -0.1) is 0 Å². The molecule has 3 N–H and O–H groups in total. The van der Waals surface area contributed by atoms with Crippen molar-refractivity contribution >= 4 is 21.8 Å². The molecular weight excluding hydrogens is 294 g/mol. The van der Waals surface area contributed by atoms with E-state index in [9.17, 15) is 18.0 Å². The largest absolute Gasteiger partial charge is 0.351 e. The number of hydrogen-bond donors (Lipinski definition) is 2. The SMILES string of the molecule is CC(c1ccc(S(C)(=O)=O)cc1)N(C)CC(=O)NC(N)=O. The van der Waals surface area contributed by atoms with Gasteiger partial charge in [0.25, 0.3) is 0 Å². The number of nitrogens with zero attached hydrogens (tertiary/aromatic N) is 1. The van der Waals surface area contributed by atoms with Crippen molar-refractivity contribution in [2.24, 2.45) is 5.73 Å². The predicted molar refractivity (Wildman–Crippen MR) is 78.3 cm³/mol. The highest BCUT2D eigenvalue weighted by atomic mass is 32.2. The zero-order valence-corrected chi connectivity index (χ0v) is 13.0. The molecule has 1 aromatic carbocycles. The van der Waals surface area contributed by atoms with Crippen LogP contribution in [0.3, 0.4) is 0 Å². The predicted octanol–water partition coefficient (Wildman–Crippen LogP) is 0.278. The number of urea groups is 1. The van der Waals surface area contributed by atoms with E-state index in [4.69, 9.17) is 5.73 Å². The Labute approximate surface area is 124 Å². The fourth-order valence-electron chi connectivity index (χ4n) is 1.79. The molecular formula is C13H19N3O4S. The quantitative estimate of drug-likeness (QED) is 0.811. The molecule has 21 heavy (non-hydrogen) atoms. The highest BCUT2D eigenvalue weighted by molar-refractivity contribution is 7.90. The molecule has 8 heteroatoms. The molecule has 0 bridgehead atoms. The summed E-state index contributed by atoms with van der Waals surface area (Å²) in [6, 6.07) is 5.43. The number of amides is 3. The first-order chi connectivity index (χ1) is 9.61. The van der Waals surface area contributed by atoms with Gasteiger partial charge in [-0.05, 0) is 31.7 Å². The third-order valence-corrected chi connectivity index (χ3v) is 4.24. The van der Waals surface area contributed by atoms with Crippen LogP contribution in [0.1, 0.15) is 18.5 Å². The second kappa shape index (κ2) is 6.68. The lowest BCUT2D eigenvalue weighted by atomic mass is 10.1. The first-order valence-corrected chi connectivity index (χ1v) is 8.10. The molecule has 0 saturated carbocycles. The molecule has 0 fully saturated rings. The van der Waals surface area contributed by atoms with Crippen LogP contribution in [0.4, 0.5) is 4.79 Å². The lowest BCUT2D eigenvalue weighted by molar-refractivity contribution is -0.121. The highest BCUT2D eigenvalue weighted by Crippen LogP contribution is 2.20. The summed E-state index contributed by atoms with van der Waals surface area (Å²) in [6.45, 7) is 1.87. The zero-order chi connectivity index (χ0) is 16.2. The molecule has 3 amide bonds. The number of sulfone groups is 1. The van der Waals surface area contributed by atoms with E-state index in [0.29, 0.717) is 0 Å². The maximum atomic E-state index is 11.5. The van der Waals surface area contributed by atoms with Crippen LogP contribution in [0, 0.1) is 0 Å². The van der Waals surface area contributed by atoms with Gasteiger partial charge in [0.1, 0.15) is 0 Å². The van der Waals surface area contributed by atoms with Crippen LogP contribution in [0.5, 0.6) is 0 Å². The summed E-state index contributed by atoms with van der Waals surface area (Å²) < 4.78 is 22.8. The molecule has 0 aromatic heterocycles. The summed E-state index contributed by atoms with van der Waals surface area (Å²) in [5.74, 6) is -0.496. The Morgan fingerprint density at radius 1 is 1.29 bits per heavy atom. The number of carbonyl (C=O) groups is 2. The number of hydrogen-bond acceptors (Lipinski definition) is 5. The van der Waals surface area contributed by atoms with Crippen LogP contribution in [0.15, 0.2) is 29.2 Å². The first-order valence-electron chi connectivity index (χ1n) is 6.21. The Balaban J connectivity index is 2.76. The van der Waals surface area contributed by atoms with Crippen LogP contribution in [-0.2, 0) is 14.6 Å². The Kier molecular flexibility index (Phi) is 5.45. The van der Waals surface area contributed by atoms with E-state index >= 15 is 0 Å². The minimum absolute atomic E-state index is 0.00205. The molecule has 0 heterocycles. The first kappa shape index (κ1) is 17.1. The maximum Gasteiger partial charge on any atom is 0.318 e. The molecule has 0 radical (unpaired) electrons. The monoisotopic (exact) mass is 313 g/mol. The van der Waals surface area contributed by atoms with Crippen molar-refractivity contribution in [3.63, 3.8) is 0 Å². The molecule has 0 aliphatic carbocycles. The number of nitrogens with one attached hydrogen (secondary N) is 1. The molecule has 0 saturated heterocycles. The van der Waals surface area contributed by atoms with E-state index in [0.717, 1.165) is 11.8 Å². The van der Waals surface area contributed by atoms with E-state index in [-0.39, 0.29) is 17.5 Å². The second-order valence-electron chi connectivity index (χ2n) is 4.84. The Morgan fingerprint density at radius 3 is 2.24 bits per heavy atom. The summed E-state index contributed by atoms with van der Waals surface area (Å²) in [5.41, 5.74) is 5.73. The molecule has 7 nitrogen and oxygen atoms in total. The molecule has 1 atom stereocenters. The molecule has 1 aromatic rings. The molecule has 0 aliphatic rings. The van der Waals surface area contributed by atoms with E-state index in [2.05, 4.69) is 0 Å². The van der Waals surface area contributed by atoms with Crippen molar-refractivity contribution in [1.82, 2.24) is 10.2 Å². The van der Waals surface area contributed by atoms with Gasteiger partial charge in [0.2, 0.25) is 5.91 Å². The van der Waals surface area contributed by atoms with E-state index in [1.807, 2.05) is 12.2 Å². The minimum Gasteiger partial charge on any atom is -0.351 e. The van der Waals surface area contributed by atoms with Crippen LogP contribution in [-0.4, -0.2) is 45.1 Å². The van der Waals surface area contributed by atoms with Gasteiger partial charge in [-0.1, -0.05) is 12.1 Å². The topological polar surface area (TPSA) is 110 Å².